The molecule has 2 rings (SSSR count). The molecule has 4 N–H and O–H groups in total. The molecule has 2 aromatic rings. The molecule has 0 fully saturated rings. The van der Waals surface area contributed by atoms with Crippen LogP contribution in [0.3, 0.4) is 0 Å². The number of hydrogen-bond acceptors (Lipinski definition) is 4. The molecular weight excluding hydrogens is 394 g/mol. The molecule has 2 atom stereocenters. The molecule has 160 valence electrons. The van der Waals surface area contributed by atoms with Crippen LogP contribution in [0.4, 0.5) is 8.78 Å². The monoisotopic (exact) mass is 418 g/mol. The number of aliphatic carboxylic acids is 2. The minimum absolute atomic E-state index is 0.0763. The van der Waals surface area contributed by atoms with Crippen molar-refractivity contribution in [1.29, 1.82) is 5.26 Å². The molecule has 0 spiro atoms. The van der Waals surface area contributed by atoms with Gasteiger partial charge < -0.3 is 15.9 Å². The third-order valence-corrected chi connectivity index (χ3v) is 5.07. The lowest BCUT2D eigenvalue weighted by Gasteiger charge is -2.23. The van der Waals surface area contributed by atoms with Crippen molar-refractivity contribution in [3.8, 4) is 6.07 Å². The maximum atomic E-state index is 13.4. The first-order chi connectivity index (χ1) is 14.0. The van der Waals surface area contributed by atoms with Gasteiger partial charge in [-0.15, -0.1) is 0 Å². The number of carboxylic acids is 2. The van der Waals surface area contributed by atoms with E-state index in [1.54, 1.807) is 19.1 Å². The van der Waals surface area contributed by atoms with Gasteiger partial charge in [-0.2, -0.15) is 5.26 Å². The van der Waals surface area contributed by atoms with E-state index in [-0.39, 0.29) is 12.1 Å². The van der Waals surface area contributed by atoms with E-state index in [0.29, 0.717) is 23.1 Å². The topological polar surface area (TPSA) is 124 Å². The Morgan fingerprint density at radius 1 is 1.17 bits per heavy atom. The van der Waals surface area contributed by atoms with E-state index in [1.165, 1.54) is 38.1 Å². The lowest BCUT2D eigenvalue weighted by atomic mass is 9.80. The minimum atomic E-state index is -1.12. The molecule has 0 radical (unpaired) electrons. The fourth-order valence-electron chi connectivity index (χ4n) is 2.57. The van der Waals surface area contributed by atoms with Crippen LogP contribution in [0.2, 0.25) is 0 Å². The molecule has 0 bridgehead atoms. The lowest BCUT2D eigenvalue weighted by Crippen LogP contribution is -2.31. The van der Waals surface area contributed by atoms with Crippen LogP contribution in [-0.4, -0.2) is 22.2 Å². The Morgan fingerprint density at radius 3 is 2.20 bits per heavy atom. The first-order valence-electron chi connectivity index (χ1n) is 9.16. The third kappa shape index (κ3) is 5.61. The highest BCUT2D eigenvalue weighted by molar-refractivity contribution is 5.80. The van der Waals surface area contributed by atoms with Crippen molar-refractivity contribution in [3.05, 3.63) is 70.3 Å². The molecule has 2 aromatic carbocycles. The Labute approximate surface area is 173 Å². The normalized spacial score (nSPS) is 13.2. The van der Waals surface area contributed by atoms with Gasteiger partial charge >= 0.3 is 11.9 Å². The maximum absolute atomic E-state index is 13.4. The molecule has 2 unspecified atom stereocenters. The largest absolute Gasteiger partial charge is 0.481 e. The van der Waals surface area contributed by atoms with Gasteiger partial charge in [-0.1, -0.05) is 25.1 Å². The fourth-order valence-corrected chi connectivity index (χ4v) is 2.57. The molecule has 0 aliphatic carbocycles. The average Bonchev–Trinajstić information content (AvgIpc) is 2.72. The summed E-state index contributed by atoms with van der Waals surface area (Å²) in [5, 5.41) is 26.4. The van der Waals surface area contributed by atoms with Gasteiger partial charge in [0.05, 0.1) is 16.9 Å². The summed E-state index contributed by atoms with van der Waals surface area (Å²) in [6.07, 6.45) is 0.355. The first kappa shape index (κ1) is 24.7. The summed E-state index contributed by atoms with van der Waals surface area (Å²) in [5.74, 6) is -3.79. The summed E-state index contributed by atoms with van der Waals surface area (Å²) in [6, 6.07) is 9.94. The van der Waals surface area contributed by atoms with Gasteiger partial charge in [0.1, 0.15) is 17.7 Å². The molecule has 0 amide bonds. The van der Waals surface area contributed by atoms with Crippen LogP contribution < -0.4 is 5.73 Å². The third-order valence-electron chi connectivity index (χ3n) is 5.07. The van der Waals surface area contributed by atoms with Crippen molar-refractivity contribution in [2.75, 3.05) is 0 Å². The van der Waals surface area contributed by atoms with Crippen LogP contribution in [0, 0.1) is 23.0 Å². The average molecular weight is 418 g/mol. The van der Waals surface area contributed by atoms with Gasteiger partial charge in [0, 0.05) is 12.1 Å². The van der Waals surface area contributed by atoms with E-state index in [0.717, 1.165) is 6.07 Å². The van der Waals surface area contributed by atoms with E-state index in [9.17, 15) is 18.4 Å². The molecular formula is C22H24F2N2O4. The highest BCUT2D eigenvalue weighted by Gasteiger charge is 2.33. The number of carbonyl (C=O) groups is 2. The second-order valence-electron chi connectivity index (χ2n) is 6.91. The Hall–Kier alpha value is -3.31. The summed E-state index contributed by atoms with van der Waals surface area (Å²) in [5.41, 5.74) is 5.31. The van der Waals surface area contributed by atoms with Crippen molar-refractivity contribution in [2.45, 2.75) is 45.1 Å². The van der Waals surface area contributed by atoms with Crippen LogP contribution in [0.1, 0.15) is 55.4 Å². The number of benzene rings is 2. The summed E-state index contributed by atoms with van der Waals surface area (Å²) >= 11 is 0. The van der Waals surface area contributed by atoms with Crippen molar-refractivity contribution in [1.82, 2.24) is 0 Å². The van der Waals surface area contributed by atoms with Gasteiger partial charge in [-0.25, -0.2) is 8.78 Å². The van der Waals surface area contributed by atoms with Gasteiger partial charge in [-0.3, -0.25) is 9.59 Å². The molecule has 8 heteroatoms. The maximum Gasteiger partial charge on any atom is 0.313 e. The highest BCUT2D eigenvalue weighted by atomic mass is 19.1. The number of rotatable bonds is 6. The van der Waals surface area contributed by atoms with Crippen molar-refractivity contribution < 1.29 is 28.6 Å². The van der Waals surface area contributed by atoms with Gasteiger partial charge in [0.2, 0.25) is 0 Å². The van der Waals surface area contributed by atoms with Gasteiger partial charge in [0.25, 0.3) is 0 Å². The second-order valence-corrected chi connectivity index (χ2v) is 6.91. The summed E-state index contributed by atoms with van der Waals surface area (Å²) < 4.78 is 26.6. The number of nitrogens with two attached hydrogens (primary N) is 1. The quantitative estimate of drug-likeness (QED) is 0.653. The Kier molecular flexibility index (Phi) is 8.62. The van der Waals surface area contributed by atoms with E-state index in [2.05, 4.69) is 0 Å². The molecule has 0 aliphatic heterocycles. The summed E-state index contributed by atoms with van der Waals surface area (Å²) in [6.45, 7) is 4.90. The number of carboxylic acid groups (broad SMARTS) is 2. The van der Waals surface area contributed by atoms with Crippen LogP contribution in [-0.2, 0) is 21.5 Å². The Balaban J connectivity index is 0.000000303. The zero-order chi connectivity index (χ0) is 23.1. The lowest BCUT2D eigenvalue weighted by molar-refractivity contribution is -0.143. The number of nitrogens with zero attached hydrogens (tertiary/aromatic N) is 1. The standard InChI is InChI=1S/C12H12FNO2.C10H12FNO2/c1-3-12(2,11(15)16)9-5-4-8(7-14)10(13)6-9;1-6(10(13)14)7-2-3-8(5-12)9(11)4-7/h4-6H,3H2,1-2H3,(H,15,16);2-4,6H,5,12H2,1H3,(H,13,14). The van der Waals surface area contributed by atoms with Crippen molar-refractivity contribution in [2.24, 2.45) is 5.73 Å². The Morgan fingerprint density at radius 2 is 1.80 bits per heavy atom. The molecule has 0 saturated heterocycles. The molecule has 0 heterocycles. The molecule has 30 heavy (non-hydrogen) atoms. The van der Waals surface area contributed by atoms with Gasteiger partial charge in [0.15, 0.2) is 0 Å². The predicted octanol–water partition coefficient (Wildman–Crippen LogP) is 3.92. The molecule has 0 aromatic heterocycles. The van der Waals surface area contributed by atoms with E-state index in [4.69, 9.17) is 21.2 Å². The van der Waals surface area contributed by atoms with E-state index < -0.39 is 34.9 Å². The smallest absolute Gasteiger partial charge is 0.313 e. The zero-order valence-corrected chi connectivity index (χ0v) is 16.9. The highest BCUT2D eigenvalue weighted by Crippen LogP contribution is 2.29. The molecule has 0 saturated carbocycles. The number of halogens is 2. The first-order valence-corrected chi connectivity index (χ1v) is 9.16. The zero-order valence-electron chi connectivity index (χ0n) is 16.9. The van der Waals surface area contributed by atoms with Crippen LogP contribution in [0.15, 0.2) is 36.4 Å². The number of hydrogen-bond donors (Lipinski definition) is 3. The van der Waals surface area contributed by atoms with Crippen LogP contribution in [0.25, 0.3) is 0 Å². The SMILES string of the molecule is CC(C(=O)O)c1ccc(CN)c(F)c1.CCC(C)(C(=O)O)c1ccc(C#N)c(F)c1. The molecule has 0 aliphatic rings. The van der Waals surface area contributed by atoms with Crippen LogP contribution in [0.5, 0.6) is 0 Å². The van der Waals surface area contributed by atoms with E-state index in [1.807, 2.05) is 0 Å². The fraction of sp³-hybridized carbons (Fsp3) is 0.318. The van der Waals surface area contributed by atoms with Crippen LogP contribution >= 0.6 is 0 Å². The predicted molar refractivity (Wildman–Crippen MR) is 107 cm³/mol. The van der Waals surface area contributed by atoms with Crippen molar-refractivity contribution >= 4 is 11.9 Å². The molecule has 6 nitrogen and oxygen atoms in total. The Bertz CT molecular complexity index is 972. The second kappa shape index (κ2) is 10.5. The minimum Gasteiger partial charge on any atom is -0.481 e. The number of nitriles is 1. The van der Waals surface area contributed by atoms with Crippen molar-refractivity contribution in [3.63, 3.8) is 0 Å². The summed E-state index contributed by atoms with van der Waals surface area (Å²) in [7, 11) is 0. The van der Waals surface area contributed by atoms with Gasteiger partial charge in [-0.05, 0) is 49.6 Å². The summed E-state index contributed by atoms with van der Waals surface area (Å²) in [4.78, 5) is 21.7. The van der Waals surface area contributed by atoms with E-state index >= 15 is 0 Å².